The summed E-state index contributed by atoms with van der Waals surface area (Å²) >= 11 is 4.21. The number of hydrogen-bond acceptors (Lipinski definition) is 9. The van der Waals surface area contributed by atoms with Gasteiger partial charge in [0.15, 0.2) is 4.34 Å². The molecule has 1 amide bonds. The Morgan fingerprint density at radius 3 is 2.71 bits per heavy atom. The second-order valence-electron chi connectivity index (χ2n) is 6.96. The molecule has 1 aromatic carbocycles. The summed E-state index contributed by atoms with van der Waals surface area (Å²) in [6.45, 7) is 0. The van der Waals surface area contributed by atoms with Gasteiger partial charge >= 0.3 is 5.97 Å². The first-order valence-electron chi connectivity index (χ1n) is 9.95. The third-order valence-corrected chi connectivity index (χ3v) is 8.00. The minimum Gasteiger partial charge on any atom is -0.465 e. The van der Waals surface area contributed by atoms with E-state index in [1.54, 1.807) is 0 Å². The van der Waals surface area contributed by atoms with Gasteiger partial charge in [0.05, 0.1) is 18.4 Å². The first-order valence-corrected chi connectivity index (χ1v) is 12.6. The minimum atomic E-state index is -0.386. The number of anilines is 3. The van der Waals surface area contributed by atoms with Gasteiger partial charge in [-0.3, -0.25) is 4.79 Å². The molecule has 1 aliphatic rings. The number of esters is 1. The van der Waals surface area contributed by atoms with E-state index in [1.165, 1.54) is 46.4 Å². The lowest BCUT2D eigenvalue weighted by molar-refractivity contribution is -0.113. The molecule has 7 nitrogen and oxygen atoms in total. The van der Waals surface area contributed by atoms with Gasteiger partial charge in [-0.15, -0.1) is 21.5 Å². The smallest absolute Gasteiger partial charge is 0.341 e. The molecule has 0 atom stereocenters. The lowest BCUT2D eigenvalue weighted by Gasteiger charge is -2.07. The predicted molar refractivity (Wildman–Crippen MR) is 126 cm³/mol. The molecule has 0 unspecified atom stereocenters. The Labute approximate surface area is 192 Å². The van der Waals surface area contributed by atoms with Crippen molar-refractivity contribution in [3.05, 3.63) is 46.3 Å². The number of fused-ring (bicyclic) bond motifs is 1. The van der Waals surface area contributed by atoms with E-state index in [2.05, 4.69) is 20.8 Å². The standard InChI is InChI=1S/C21H22N4O3S3/c1-28-19(27)17-14-10-6-3-7-11-15(14)30-18(17)23-16(26)12-29-21-25-24-20(31-21)22-13-8-4-2-5-9-13/h2,4-5,8-9H,3,6-7,10-12H2,1H3,(H,22,24)(H,23,26). The zero-order valence-electron chi connectivity index (χ0n) is 17.0. The Morgan fingerprint density at radius 2 is 1.90 bits per heavy atom. The Morgan fingerprint density at radius 1 is 1.10 bits per heavy atom. The van der Waals surface area contributed by atoms with Crippen LogP contribution in [0.15, 0.2) is 34.7 Å². The molecule has 3 aromatic rings. The van der Waals surface area contributed by atoms with Gasteiger partial charge in [0.25, 0.3) is 0 Å². The number of rotatable bonds is 7. The molecule has 31 heavy (non-hydrogen) atoms. The summed E-state index contributed by atoms with van der Waals surface area (Å²) in [6, 6.07) is 9.72. The van der Waals surface area contributed by atoms with E-state index in [-0.39, 0.29) is 17.6 Å². The monoisotopic (exact) mass is 474 g/mol. The van der Waals surface area contributed by atoms with Crippen molar-refractivity contribution in [3.8, 4) is 0 Å². The van der Waals surface area contributed by atoms with Gasteiger partial charge in [-0.05, 0) is 43.4 Å². The van der Waals surface area contributed by atoms with Crippen molar-refractivity contribution in [1.82, 2.24) is 10.2 Å². The van der Waals surface area contributed by atoms with Crippen LogP contribution in [0.1, 0.15) is 40.1 Å². The lowest BCUT2D eigenvalue weighted by Crippen LogP contribution is -2.16. The number of amides is 1. The number of thiophene rings is 1. The minimum absolute atomic E-state index is 0.181. The van der Waals surface area contributed by atoms with Crippen molar-refractivity contribution in [2.75, 3.05) is 23.5 Å². The largest absolute Gasteiger partial charge is 0.465 e. The van der Waals surface area contributed by atoms with Crippen LogP contribution in [0.5, 0.6) is 0 Å². The van der Waals surface area contributed by atoms with E-state index in [0.717, 1.165) is 43.4 Å². The average molecular weight is 475 g/mol. The number of hydrogen-bond donors (Lipinski definition) is 2. The molecule has 0 radical (unpaired) electrons. The number of benzene rings is 1. The third kappa shape index (κ3) is 5.44. The molecule has 2 aromatic heterocycles. The number of aryl methyl sites for hydroxylation is 1. The van der Waals surface area contributed by atoms with Crippen LogP contribution in [0.25, 0.3) is 0 Å². The molecular formula is C21H22N4O3S3. The normalized spacial score (nSPS) is 13.2. The number of methoxy groups -OCH3 is 1. The fourth-order valence-corrected chi connectivity index (χ4v) is 6.27. The van der Waals surface area contributed by atoms with E-state index in [1.807, 2.05) is 30.3 Å². The van der Waals surface area contributed by atoms with Gasteiger partial charge in [-0.2, -0.15) is 0 Å². The maximum Gasteiger partial charge on any atom is 0.341 e. The van der Waals surface area contributed by atoms with E-state index in [0.29, 0.717) is 20.0 Å². The fourth-order valence-electron chi connectivity index (χ4n) is 3.40. The molecule has 10 heteroatoms. The Kier molecular flexibility index (Phi) is 7.21. The highest BCUT2D eigenvalue weighted by Gasteiger charge is 2.26. The Bertz CT molecular complexity index is 1070. The SMILES string of the molecule is COC(=O)c1c(NC(=O)CSc2nnc(Nc3ccccc3)s2)sc2c1CCCCC2. The molecule has 0 saturated heterocycles. The molecule has 4 rings (SSSR count). The number of nitrogens with zero attached hydrogens (tertiary/aromatic N) is 2. The van der Waals surface area contributed by atoms with Crippen LogP contribution in [0.2, 0.25) is 0 Å². The van der Waals surface area contributed by atoms with E-state index >= 15 is 0 Å². The molecule has 2 N–H and O–H groups in total. The highest BCUT2D eigenvalue weighted by atomic mass is 32.2. The van der Waals surface area contributed by atoms with Gasteiger partial charge in [0.2, 0.25) is 11.0 Å². The van der Waals surface area contributed by atoms with Crippen molar-refractivity contribution in [2.24, 2.45) is 0 Å². The van der Waals surface area contributed by atoms with E-state index in [4.69, 9.17) is 4.74 Å². The van der Waals surface area contributed by atoms with Crippen LogP contribution < -0.4 is 10.6 Å². The summed E-state index contributed by atoms with van der Waals surface area (Å²) in [5, 5.41) is 15.6. The Balaban J connectivity index is 1.39. The Hall–Kier alpha value is -2.43. The summed E-state index contributed by atoms with van der Waals surface area (Å²) in [5.74, 6) is -0.384. The second-order valence-corrected chi connectivity index (χ2v) is 10.3. The predicted octanol–water partition coefficient (Wildman–Crippen LogP) is 5.13. The summed E-state index contributed by atoms with van der Waals surface area (Å²) in [4.78, 5) is 26.2. The molecule has 2 heterocycles. The molecule has 1 aliphatic carbocycles. The average Bonchev–Trinajstić information content (AvgIpc) is 3.29. The van der Waals surface area contributed by atoms with E-state index in [9.17, 15) is 9.59 Å². The molecular weight excluding hydrogens is 452 g/mol. The highest BCUT2D eigenvalue weighted by molar-refractivity contribution is 8.01. The second kappa shape index (κ2) is 10.3. The number of para-hydroxylation sites is 1. The molecule has 0 saturated carbocycles. The number of aromatic nitrogens is 2. The fraction of sp³-hybridized carbons (Fsp3) is 0.333. The number of carbonyl (C=O) groups excluding carboxylic acids is 2. The van der Waals surface area contributed by atoms with Crippen LogP contribution in [0.3, 0.4) is 0 Å². The van der Waals surface area contributed by atoms with Crippen LogP contribution >= 0.6 is 34.4 Å². The molecule has 162 valence electrons. The number of nitrogens with one attached hydrogen (secondary N) is 2. The first kappa shape index (κ1) is 21.8. The van der Waals surface area contributed by atoms with Crippen molar-refractivity contribution < 1.29 is 14.3 Å². The van der Waals surface area contributed by atoms with Crippen molar-refractivity contribution >= 4 is 62.1 Å². The lowest BCUT2D eigenvalue weighted by atomic mass is 10.1. The molecule has 0 spiro atoms. The number of thioether (sulfide) groups is 1. The van der Waals surface area contributed by atoms with Crippen molar-refractivity contribution in [3.63, 3.8) is 0 Å². The summed E-state index contributed by atoms with van der Waals surface area (Å²) in [5.41, 5.74) is 2.49. The maximum atomic E-state index is 12.6. The van der Waals surface area contributed by atoms with Crippen molar-refractivity contribution in [1.29, 1.82) is 0 Å². The van der Waals surface area contributed by atoms with E-state index < -0.39 is 0 Å². The van der Waals surface area contributed by atoms with Crippen LogP contribution in [0, 0.1) is 0 Å². The van der Waals surface area contributed by atoms with Crippen LogP contribution in [-0.4, -0.2) is 34.9 Å². The molecule has 0 aliphatic heterocycles. The van der Waals surface area contributed by atoms with Gasteiger partial charge in [0.1, 0.15) is 5.00 Å². The van der Waals surface area contributed by atoms with Gasteiger partial charge in [0, 0.05) is 10.6 Å². The molecule has 0 bridgehead atoms. The zero-order chi connectivity index (χ0) is 21.6. The number of ether oxygens (including phenoxy) is 1. The molecule has 0 fully saturated rings. The first-order chi connectivity index (χ1) is 15.1. The van der Waals surface area contributed by atoms with Crippen LogP contribution in [-0.2, 0) is 22.4 Å². The highest BCUT2D eigenvalue weighted by Crippen LogP contribution is 2.38. The van der Waals surface area contributed by atoms with Crippen molar-refractivity contribution in [2.45, 2.75) is 36.4 Å². The maximum absolute atomic E-state index is 12.6. The third-order valence-electron chi connectivity index (χ3n) is 4.82. The summed E-state index contributed by atoms with van der Waals surface area (Å²) in [6.07, 6.45) is 5.10. The summed E-state index contributed by atoms with van der Waals surface area (Å²) in [7, 11) is 1.38. The van der Waals surface area contributed by atoms with Crippen LogP contribution in [0.4, 0.5) is 15.8 Å². The number of carbonyl (C=O) groups is 2. The van der Waals surface area contributed by atoms with Gasteiger partial charge in [-0.25, -0.2) is 4.79 Å². The quantitative estimate of drug-likeness (QED) is 0.279. The van der Waals surface area contributed by atoms with Gasteiger partial charge < -0.3 is 15.4 Å². The van der Waals surface area contributed by atoms with Gasteiger partial charge in [-0.1, -0.05) is 47.7 Å². The topological polar surface area (TPSA) is 93.2 Å². The summed E-state index contributed by atoms with van der Waals surface area (Å²) < 4.78 is 5.69. The zero-order valence-corrected chi connectivity index (χ0v) is 19.4.